The van der Waals surface area contributed by atoms with Crippen molar-refractivity contribution >= 4 is 32.3 Å². The molecule has 0 bridgehead atoms. The van der Waals surface area contributed by atoms with Crippen LogP contribution in [0.25, 0.3) is 32.1 Å². The number of aromatic nitrogens is 2. The van der Waals surface area contributed by atoms with Gasteiger partial charge in [-0.3, -0.25) is 9.36 Å². The van der Waals surface area contributed by atoms with Crippen molar-refractivity contribution in [3.8, 4) is 16.9 Å². The van der Waals surface area contributed by atoms with E-state index in [1.54, 1.807) is 10.9 Å². The minimum Gasteiger partial charge on any atom is -0.494 e. The Morgan fingerprint density at radius 2 is 1.78 bits per heavy atom. The lowest BCUT2D eigenvalue weighted by atomic mass is 10.0. The Labute approximate surface area is 190 Å². The minimum atomic E-state index is 0.0267. The lowest BCUT2D eigenvalue weighted by Crippen LogP contribution is -2.20. The zero-order chi connectivity index (χ0) is 21.9. The van der Waals surface area contributed by atoms with E-state index in [1.165, 1.54) is 27.7 Å². The number of nitrogens with zero attached hydrogens (tertiary/aromatic N) is 2. The fourth-order valence-corrected chi connectivity index (χ4v) is 4.81. The van der Waals surface area contributed by atoms with Crippen molar-refractivity contribution < 1.29 is 4.74 Å². The van der Waals surface area contributed by atoms with Crippen molar-refractivity contribution in [3.63, 3.8) is 0 Å². The monoisotopic (exact) mass is 440 g/mol. The Morgan fingerprint density at radius 1 is 0.969 bits per heavy atom. The summed E-state index contributed by atoms with van der Waals surface area (Å²) in [4.78, 5) is 18.6. The SMILES string of the molecule is Cc1ccc(OCCCCn2cnc3scc(-c4ccc5ccccc5c4)c3c2=O)cc1. The molecule has 0 saturated carbocycles. The molecule has 2 heterocycles. The number of hydrogen-bond acceptors (Lipinski definition) is 4. The van der Waals surface area contributed by atoms with Gasteiger partial charge in [-0.1, -0.05) is 54.1 Å². The first-order valence-electron chi connectivity index (χ1n) is 10.8. The number of fused-ring (bicyclic) bond motifs is 2. The first kappa shape index (κ1) is 20.5. The van der Waals surface area contributed by atoms with Crippen LogP contribution < -0.4 is 10.3 Å². The van der Waals surface area contributed by atoms with Crippen LogP contribution in [0.2, 0.25) is 0 Å². The van der Waals surface area contributed by atoms with Gasteiger partial charge in [-0.05, 0) is 54.3 Å². The molecule has 0 fully saturated rings. The maximum absolute atomic E-state index is 13.3. The average Bonchev–Trinajstić information content (AvgIpc) is 3.26. The molecule has 0 N–H and O–H groups in total. The molecular weight excluding hydrogens is 416 g/mol. The number of benzene rings is 3. The van der Waals surface area contributed by atoms with Gasteiger partial charge < -0.3 is 4.74 Å². The fourth-order valence-electron chi connectivity index (χ4n) is 3.90. The summed E-state index contributed by atoms with van der Waals surface area (Å²) in [5, 5.41) is 5.12. The molecule has 32 heavy (non-hydrogen) atoms. The Hall–Kier alpha value is -3.44. The third-order valence-corrected chi connectivity index (χ3v) is 6.59. The third kappa shape index (κ3) is 4.16. The van der Waals surface area contributed by atoms with Crippen molar-refractivity contribution in [2.45, 2.75) is 26.3 Å². The lowest BCUT2D eigenvalue weighted by molar-refractivity contribution is 0.303. The number of aryl methyl sites for hydroxylation is 2. The highest BCUT2D eigenvalue weighted by Crippen LogP contribution is 2.32. The molecule has 0 spiro atoms. The van der Waals surface area contributed by atoms with Crippen LogP contribution in [0, 0.1) is 6.92 Å². The summed E-state index contributed by atoms with van der Waals surface area (Å²) in [7, 11) is 0. The van der Waals surface area contributed by atoms with Gasteiger partial charge in [-0.2, -0.15) is 0 Å². The van der Waals surface area contributed by atoms with Crippen molar-refractivity contribution in [2.24, 2.45) is 0 Å². The number of unbranched alkanes of at least 4 members (excludes halogenated alkanes) is 1. The van der Waals surface area contributed by atoms with Gasteiger partial charge in [-0.15, -0.1) is 11.3 Å². The maximum Gasteiger partial charge on any atom is 0.262 e. The second-order valence-corrected chi connectivity index (χ2v) is 8.86. The first-order chi connectivity index (χ1) is 15.7. The van der Waals surface area contributed by atoms with Gasteiger partial charge in [0.15, 0.2) is 0 Å². The summed E-state index contributed by atoms with van der Waals surface area (Å²) < 4.78 is 7.53. The van der Waals surface area contributed by atoms with Crippen molar-refractivity contribution in [3.05, 3.63) is 94.4 Å². The topological polar surface area (TPSA) is 44.1 Å². The van der Waals surface area contributed by atoms with Crippen LogP contribution in [0.3, 0.4) is 0 Å². The normalized spacial score (nSPS) is 11.3. The predicted molar refractivity (Wildman–Crippen MR) is 133 cm³/mol. The molecule has 3 aromatic carbocycles. The summed E-state index contributed by atoms with van der Waals surface area (Å²) in [6.07, 6.45) is 3.40. The Bertz CT molecular complexity index is 1430. The van der Waals surface area contributed by atoms with Gasteiger partial charge in [0, 0.05) is 17.5 Å². The van der Waals surface area contributed by atoms with E-state index in [2.05, 4.69) is 42.2 Å². The highest BCUT2D eigenvalue weighted by atomic mass is 32.1. The number of rotatable bonds is 7. The Balaban J connectivity index is 1.32. The van der Waals surface area contributed by atoms with Crippen molar-refractivity contribution in [1.82, 2.24) is 9.55 Å². The minimum absolute atomic E-state index is 0.0267. The molecule has 160 valence electrons. The molecule has 4 nitrogen and oxygen atoms in total. The van der Waals surface area contributed by atoms with Gasteiger partial charge in [0.2, 0.25) is 0 Å². The van der Waals surface area contributed by atoms with Crippen LogP contribution in [0.5, 0.6) is 5.75 Å². The van der Waals surface area contributed by atoms with E-state index in [9.17, 15) is 4.79 Å². The lowest BCUT2D eigenvalue weighted by Gasteiger charge is -2.08. The first-order valence-corrected chi connectivity index (χ1v) is 11.7. The highest BCUT2D eigenvalue weighted by Gasteiger charge is 2.13. The molecule has 5 aromatic rings. The third-order valence-electron chi connectivity index (χ3n) is 5.70. The molecule has 5 heteroatoms. The van der Waals surface area contributed by atoms with E-state index in [0.717, 1.165) is 34.5 Å². The summed E-state index contributed by atoms with van der Waals surface area (Å²) in [6.45, 7) is 3.32. The summed E-state index contributed by atoms with van der Waals surface area (Å²) >= 11 is 1.52. The molecule has 0 amide bonds. The molecule has 0 atom stereocenters. The highest BCUT2D eigenvalue weighted by molar-refractivity contribution is 7.17. The second-order valence-electron chi connectivity index (χ2n) is 8.00. The average molecular weight is 441 g/mol. The second kappa shape index (κ2) is 8.97. The largest absolute Gasteiger partial charge is 0.494 e. The van der Waals surface area contributed by atoms with Gasteiger partial charge in [0.05, 0.1) is 18.3 Å². The van der Waals surface area contributed by atoms with Crippen LogP contribution in [0.4, 0.5) is 0 Å². The van der Waals surface area contributed by atoms with Gasteiger partial charge in [0.25, 0.3) is 5.56 Å². The van der Waals surface area contributed by atoms with E-state index in [4.69, 9.17) is 4.74 Å². The van der Waals surface area contributed by atoms with Crippen LogP contribution in [-0.4, -0.2) is 16.2 Å². The van der Waals surface area contributed by atoms with E-state index in [1.807, 2.05) is 41.8 Å². The molecule has 2 aromatic heterocycles. The van der Waals surface area contributed by atoms with Crippen molar-refractivity contribution in [2.75, 3.05) is 6.61 Å². The smallest absolute Gasteiger partial charge is 0.262 e. The molecule has 0 unspecified atom stereocenters. The molecular formula is C27H24N2O2S. The van der Waals surface area contributed by atoms with E-state index in [-0.39, 0.29) is 5.56 Å². The van der Waals surface area contributed by atoms with Crippen LogP contribution in [-0.2, 0) is 6.54 Å². The maximum atomic E-state index is 13.3. The predicted octanol–water partition coefficient (Wildman–Crippen LogP) is 6.45. The molecule has 5 rings (SSSR count). The Morgan fingerprint density at radius 3 is 2.62 bits per heavy atom. The zero-order valence-electron chi connectivity index (χ0n) is 18.0. The zero-order valence-corrected chi connectivity index (χ0v) is 18.8. The van der Waals surface area contributed by atoms with Gasteiger partial charge in [-0.25, -0.2) is 4.98 Å². The Kier molecular flexibility index (Phi) is 5.73. The van der Waals surface area contributed by atoms with Crippen LogP contribution >= 0.6 is 11.3 Å². The number of ether oxygens (including phenoxy) is 1. The van der Waals surface area contributed by atoms with E-state index >= 15 is 0 Å². The fraction of sp³-hybridized carbons (Fsp3) is 0.185. The van der Waals surface area contributed by atoms with Gasteiger partial charge in [0.1, 0.15) is 10.6 Å². The summed E-state index contributed by atoms with van der Waals surface area (Å²) in [5.41, 5.74) is 3.26. The van der Waals surface area contributed by atoms with Crippen LogP contribution in [0.15, 0.2) is 83.2 Å². The molecule has 0 aliphatic rings. The summed E-state index contributed by atoms with van der Waals surface area (Å²) in [6, 6.07) is 22.7. The summed E-state index contributed by atoms with van der Waals surface area (Å²) in [5.74, 6) is 0.883. The molecule has 0 aliphatic carbocycles. The van der Waals surface area contributed by atoms with E-state index < -0.39 is 0 Å². The molecule has 0 aliphatic heterocycles. The molecule has 0 saturated heterocycles. The van der Waals surface area contributed by atoms with E-state index in [0.29, 0.717) is 18.5 Å². The van der Waals surface area contributed by atoms with Gasteiger partial charge >= 0.3 is 0 Å². The van der Waals surface area contributed by atoms with Crippen molar-refractivity contribution in [1.29, 1.82) is 0 Å². The standard InChI is InChI=1S/C27H24N2O2S/c1-19-8-12-23(13-9-19)31-15-5-4-14-29-18-28-26-25(27(29)30)24(17-32-26)22-11-10-20-6-2-3-7-21(20)16-22/h2-3,6-13,16-18H,4-5,14-15H2,1H3. The number of hydrogen-bond donors (Lipinski definition) is 0. The number of thiophene rings is 1. The molecule has 0 radical (unpaired) electrons. The van der Waals surface area contributed by atoms with Crippen LogP contribution in [0.1, 0.15) is 18.4 Å². The quantitative estimate of drug-likeness (QED) is 0.273.